The summed E-state index contributed by atoms with van der Waals surface area (Å²) in [6.45, 7) is 1.03. The molecule has 1 aromatic heterocycles. The molecule has 2 aliphatic rings. The topological polar surface area (TPSA) is 42.1 Å². The van der Waals surface area contributed by atoms with Crippen LogP contribution in [-0.2, 0) is 12.8 Å². The quantitative estimate of drug-likeness (QED) is 0.854. The number of nitrogens with zero attached hydrogens (tertiary/aromatic N) is 2. The van der Waals surface area contributed by atoms with Gasteiger partial charge >= 0.3 is 0 Å². The van der Waals surface area contributed by atoms with Crippen molar-refractivity contribution in [2.75, 3.05) is 18.8 Å². The third kappa shape index (κ3) is 2.36. The average Bonchev–Trinajstić information content (AvgIpc) is 2.68. The van der Waals surface area contributed by atoms with Gasteiger partial charge in [-0.05, 0) is 19.3 Å². The predicted molar refractivity (Wildman–Crippen MR) is 68.1 cm³/mol. The lowest BCUT2D eigenvalue weighted by atomic mass is 9.94. The molecule has 2 heterocycles. The molecule has 0 spiro atoms. The molecule has 1 unspecified atom stereocenters. The van der Waals surface area contributed by atoms with Crippen LogP contribution >= 0.6 is 11.3 Å². The number of aryl methyl sites for hydroxylation is 1. The average molecular weight is 273 g/mol. The molecule has 1 atom stereocenters. The van der Waals surface area contributed by atoms with Crippen molar-refractivity contribution in [2.45, 2.75) is 44.1 Å². The minimum atomic E-state index is -2.45. The monoisotopic (exact) mass is 273 g/mol. The van der Waals surface area contributed by atoms with Gasteiger partial charge in [-0.15, -0.1) is 11.3 Å². The van der Waals surface area contributed by atoms with Gasteiger partial charge in [0.15, 0.2) is 5.13 Å². The van der Waals surface area contributed by atoms with Crippen LogP contribution in [0.15, 0.2) is 0 Å². The van der Waals surface area contributed by atoms with Crippen molar-refractivity contribution in [3.05, 3.63) is 10.6 Å². The first kappa shape index (κ1) is 12.3. The number of alkyl halides is 2. The molecule has 0 amide bonds. The van der Waals surface area contributed by atoms with Crippen LogP contribution in [0.1, 0.15) is 29.8 Å². The van der Waals surface area contributed by atoms with Crippen LogP contribution in [0.4, 0.5) is 13.9 Å². The van der Waals surface area contributed by atoms with Crippen molar-refractivity contribution >= 4 is 16.5 Å². The summed E-state index contributed by atoms with van der Waals surface area (Å²) in [5.74, 6) is -2.45. The van der Waals surface area contributed by atoms with Crippen LogP contribution in [0, 0.1) is 0 Å². The lowest BCUT2D eigenvalue weighted by molar-refractivity contribution is -0.0638. The first-order valence-corrected chi connectivity index (χ1v) is 7.21. The lowest BCUT2D eigenvalue weighted by Gasteiger charge is -2.38. The summed E-state index contributed by atoms with van der Waals surface area (Å²) in [5.41, 5.74) is 6.83. The molecule has 3 rings (SSSR count). The Morgan fingerprint density at radius 3 is 2.78 bits per heavy atom. The molecule has 0 aromatic carbocycles. The summed E-state index contributed by atoms with van der Waals surface area (Å²) in [6.07, 6.45) is 2.88. The van der Waals surface area contributed by atoms with Crippen molar-refractivity contribution in [3.8, 4) is 0 Å². The van der Waals surface area contributed by atoms with E-state index in [-0.39, 0.29) is 12.8 Å². The number of aromatic nitrogens is 1. The highest BCUT2D eigenvalue weighted by Crippen LogP contribution is 2.34. The van der Waals surface area contributed by atoms with Crippen LogP contribution in [0.2, 0.25) is 0 Å². The van der Waals surface area contributed by atoms with Crippen molar-refractivity contribution in [2.24, 2.45) is 0 Å². The van der Waals surface area contributed by atoms with E-state index in [0.29, 0.717) is 24.3 Å². The molecular formula is C12H17F2N3S. The van der Waals surface area contributed by atoms with Gasteiger partial charge in [-0.25, -0.2) is 13.8 Å². The Balaban J connectivity index is 1.66. The first-order valence-electron chi connectivity index (χ1n) is 6.39. The fraction of sp³-hybridized carbons (Fsp3) is 0.750. The molecule has 18 heavy (non-hydrogen) atoms. The summed E-state index contributed by atoms with van der Waals surface area (Å²) < 4.78 is 26.3. The summed E-state index contributed by atoms with van der Waals surface area (Å²) in [6, 6.07) is 0.397. The van der Waals surface area contributed by atoms with Crippen LogP contribution in [-0.4, -0.2) is 34.9 Å². The van der Waals surface area contributed by atoms with Gasteiger partial charge in [0.2, 0.25) is 0 Å². The molecular weight excluding hydrogens is 256 g/mol. The molecule has 1 fully saturated rings. The number of piperidine rings is 1. The van der Waals surface area contributed by atoms with E-state index >= 15 is 0 Å². The van der Waals surface area contributed by atoms with E-state index < -0.39 is 5.92 Å². The summed E-state index contributed by atoms with van der Waals surface area (Å²) in [4.78, 5) is 7.78. The van der Waals surface area contributed by atoms with E-state index in [2.05, 4.69) is 9.88 Å². The molecule has 0 bridgehead atoms. The zero-order valence-electron chi connectivity index (χ0n) is 10.2. The van der Waals surface area contributed by atoms with Gasteiger partial charge < -0.3 is 5.73 Å². The maximum atomic E-state index is 13.1. The highest BCUT2D eigenvalue weighted by atomic mass is 32.1. The van der Waals surface area contributed by atoms with E-state index in [1.807, 2.05) is 0 Å². The van der Waals surface area contributed by atoms with Crippen LogP contribution in [0.25, 0.3) is 0 Å². The second-order valence-electron chi connectivity index (χ2n) is 5.21. The Morgan fingerprint density at radius 2 is 2.06 bits per heavy atom. The Bertz CT molecular complexity index is 437. The lowest BCUT2D eigenvalue weighted by Crippen LogP contribution is -2.46. The number of likely N-dealkylation sites (tertiary alicyclic amines) is 1. The van der Waals surface area contributed by atoms with E-state index in [4.69, 9.17) is 5.73 Å². The first-order chi connectivity index (χ1) is 8.53. The summed E-state index contributed by atoms with van der Waals surface area (Å²) >= 11 is 1.55. The largest absolute Gasteiger partial charge is 0.375 e. The van der Waals surface area contributed by atoms with Crippen molar-refractivity contribution in [1.82, 2.24) is 9.88 Å². The second kappa shape index (κ2) is 4.42. The maximum absolute atomic E-state index is 13.1. The van der Waals surface area contributed by atoms with Gasteiger partial charge in [0.25, 0.3) is 5.92 Å². The SMILES string of the molecule is Nc1nc2c(s1)CC(N1CCC(F)(F)CC1)CC2. The number of nitrogens with two attached hydrogens (primary N) is 1. The van der Waals surface area contributed by atoms with E-state index in [0.717, 1.165) is 25.0 Å². The molecule has 0 radical (unpaired) electrons. The van der Waals surface area contributed by atoms with E-state index in [1.165, 1.54) is 4.88 Å². The van der Waals surface area contributed by atoms with Gasteiger partial charge in [0.05, 0.1) is 5.69 Å². The maximum Gasteiger partial charge on any atom is 0.250 e. The van der Waals surface area contributed by atoms with Crippen LogP contribution < -0.4 is 5.73 Å². The number of anilines is 1. The minimum Gasteiger partial charge on any atom is -0.375 e. The summed E-state index contributed by atoms with van der Waals surface area (Å²) in [7, 11) is 0. The number of hydrogen-bond donors (Lipinski definition) is 1. The predicted octanol–water partition coefficient (Wildman–Crippen LogP) is 2.31. The molecule has 1 aromatic rings. The molecule has 3 nitrogen and oxygen atoms in total. The fourth-order valence-electron chi connectivity index (χ4n) is 2.91. The molecule has 1 aliphatic carbocycles. The number of hydrogen-bond acceptors (Lipinski definition) is 4. The number of halogens is 2. The molecule has 6 heteroatoms. The second-order valence-corrected chi connectivity index (χ2v) is 6.33. The molecule has 1 saturated heterocycles. The molecule has 0 saturated carbocycles. The van der Waals surface area contributed by atoms with Crippen molar-refractivity contribution < 1.29 is 8.78 Å². The van der Waals surface area contributed by atoms with Gasteiger partial charge in [-0.3, -0.25) is 4.90 Å². The van der Waals surface area contributed by atoms with E-state index in [1.54, 1.807) is 11.3 Å². The normalized spacial score (nSPS) is 28.0. The Labute approximate surface area is 109 Å². The van der Waals surface area contributed by atoms with Crippen molar-refractivity contribution in [3.63, 3.8) is 0 Å². The van der Waals surface area contributed by atoms with Gasteiger partial charge in [0, 0.05) is 36.9 Å². The third-order valence-electron chi connectivity index (χ3n) is 3.98. The van der Waals surface area contributed by atoms with Crippen LogP contribution in [0.3, 0.4) is 0 Å². The number of rotatable bonds is 1. The number of thiazole rings is 1. The Kier molecular flexibility index (Phi) is 3.02. The van der Waals surface area contributed by atoms with Crippen molar-refractivity contribution in [1.29, 1.82) is 0 Å². The zero-order chi connectivity index (χ0) is 12.8. The van der Waals surface area contributed by atoms with Gasteiger partial charge in [-0.1, -0.05) is 0 Å². The van der Waals surface area contributed by atoms with E-state index in [9.17, 15) is 8.78 Å². The third-order valence-corrected chi connectivity index (χ3v) is 4.93. The molecule has 100 valence electrons. The standard InChI is InChI=1S/C12H17F2N3S/c13-12(14)3-5-17(6-4-12)8-1-2-9-10(7-8)18-11(15)16-9/h8H,1-7H2,(H2,15,16). The van der Waals surface area contributed by atoms with Gasteiger partial charge in [0.1, 0.15) is 0 Å². The molecule has 1 aliphatic heterocycles. The highest BCUT2D eigenvalue weighted by molar-refractivity contribution is 7.15. The van der Waals surface area contributed by atoms with Gasteiger partial charge in [-0.2, -0.15) is 0 Å². The molecule has 2 N–H and O–H groups in total. The Hall–Kier alpha value is -0.750. The number of fused-ring (bicyclic) bond motifs is 1. The number of nitrogen functional groups attached to an aromatic ring is 1. The van der Waals surface area contributed by atoms with Crippen LogP contribution in [0.5, 0.6) is 0 Å². The summed E-state index contributed by atoms with van der Waals surface area (Å²) in [5, 5.41) is 0.630. The smallest absolute Gasteiger partial charge is 0.250 e. The Morgan fingerprint density at radius 1 is 1.33 bits per heavy atom. The minimum absolute atomic E-state index is 0.00118. The zero-order valence-corrected chi connectivity index (χ0v) is 11.0. The highest BCUT2D eigenvalue weighted by Gasteiger charge is 2.37. The fourth-order valence-corrected chi connectivity index (χ4v) is 3.86.